The smallest absolute Gasteiger partial charge is 0.185 e. The number of hydrogen-bond donors (Lipinski definition) is 2. The van der Waals surface area contributed by atoms with Crippen LogP contribution in [0.3, 0.4) is 0 Å². The van der Waals surface area contributed by atoms with E-state index in [1.54, 1.807) is 5.38 Å². The van der Waals surface area contributed by atoms with Crippen LogP contribution in [0.4, 0.5) is 10.9 Å². The van der Waals surface area contributed by atoms with Gasteiger partial charge in [-0.15, -0.1) is 11.3 Å². The molecule has 6 heteroatoms. The first-order valence-corrected chi connectivity index (χ1v) is 6.28. The Hall–Kier alpha value is -1.43. The summed E-state index contributed by atoms with van der Waals surface area (Å²) in [6.45, 7) is 3.86. The molecule has 5 nitrogen and oxygen atoms in total. The molecule has 1 heterocycles. The van der Waals surface area contributed by atoms with Crippen molar-refractivity contribution in [3.63, 3.8) is 0 Å². The SMILES string of the molecule is CC1(C)CC(=O)C(Nc2nc(N)cs2)C(=O)C1. The number of carbonyl (C=O) groups is 2. The van der Waals surface area contributed by atoms with Gasteiger partial charge in [0.1, 0.15) is 11.9 Å². The van der Waals surface area contributed by atoms with Gasteiger partial charge in [-0.1, -0.05) is 13.8 Å². The third-order valence-corrected chi connectivity index (χ3v) is 3.53. The van der Waals surface area contributed by atoms with E-state index in [2.05, 4.69) is 10.3 Å². The van der Waals surface area contributed by atoms with Gasteiger partial charge in [0.2, 0.25) is 0 Å². The van der Waals surface area contributed by atoms with Gasteiger partial charge in [-0.2, -0.15) is 0 Å². The fraction of sp³-hybridized carbons (Fsp3) is 0.545. The third kappa shape index (κ3) is 2.63. The van der Waals surface area contributed by atoms with Crippen LogP contribution in [0.5, 0.6) is 0 Å². The zero-order valence-electron chi connectivity index (χ0n) is 9.82. The van der Waals surface area contributed by atoms with Crippen molar-refractivity contribution in [1.82, 2.24) is 4.98 Å². The molecule has 0 aliphatic heterocycles. The summed E-state index contributed by atoms with van der Waals surface area (Å²) in [6, 6.07) is -0.756. The summed E-state index contributed by atoms with van der Waals surface area (Å²) in [7, 11) is 0. The number of nitrogens with two attached hydrogens (primary N) is 1. The quantitative estimate of drug-likeness (QED) is 0.779. The lowest BCUT2D eigenvalue weighted by Crippen LogP contribution is -2.46. The standard InChI is InChI=1S/C11H15N3O2S/c1-11(2)3-6(15)9(7(16)4-11)14-10-13-8(12)5-17-10/h5,9H,3-4,12H2,1-2H3,(H,13,14). The highest BCUT2D eigenvalue weighted by molar-refractivity contribution is 7.14. The summed E-state index contributed by atoms with van der Waals surface area (Å²) in [5.41, 5.74) is 5.26. The minimum Gasteiger partial charge on any atom is -0.383 e. The van der Waals surface area contributed by atoms with Gasteiger partial charge in [0.15, 0.2) is 16.7 Å². The number of thiazole rings is 1. The van der Waals surface area contributed by atoms with Crippen LogP contribution in [0.25, 0.3) is 0 Å². The Bertz CT molecular complexity index is 447. The molecule has 2 rings (SSSR count). The lowest BCUT2D eigenvalue weighted by Gasteiger charge is -2.32. The highest BCUT2D eigenvalue weighted by Gasteiger charge is 2.39. The van der Waals surface area contributed by atoms with E-state index in [1.165, 1.54) is 11.3 Å². The van der Waals surface area contributed by atoms with E-state index in [0.717, 1.165) is 0 Å². The Balaban J connectivity index is 2.11. The lowest BCUT2D eigenvalue weighted by molar-refractivity contribution is -0.134. The molecule has 1 aromatic heterocycles. The number of nitrogen functional groups attached to an aromatic ring is 1. The zero-order valence-corrected chi connectivity index (χ0v) is 10.6. The number of nitrogens with zero attached hydrogens (tertiary/aromatic N) is 1. The predicted molar refractivity (Wildman–Crippen MR) is 67.0 cm³/mol. The molecule has 1 aliphatic carbocycles. The molecule has 0 spiro atoms. The van der Waals surface area contributed by atoms with Crippen molar-refractivity contribution >= 4 is 33.9 Å². The van der Waals surface area contributed by atoms with Crippen LogP contribution in [0.2, 0.25) is 0 Å². The summed E-state index contributed by atoms with van der Waals surface area (Å²) < 4.78 is 0. The lowest BCUT2D eigenvalue weighted by atomic mass is 9.74. The van der Waals surface area contributed by atoms with Gasteiger partial charge in [0.05, 0.1) is 0 Å². The van der Waals surface area contributed by atoms with Gasteiger partial charge in [0, 0.05) is 18.2 Å². The fourth-order valence-electron chi connectivity index (χ4n) is 2.03. The molecule has 0 saturated heterocycles. The van der Waals surface area contributed by atoms with Crippen LogP contribution >= 0.6 is 11.3 Å². The third-order valence-electron chi connectivity index (χ3n) is 2.74. The highest BCUT2D eigenvalue weighted by atomic mass is 32.1. The van der Waals surface area contributed by atoms with Crippen LogP contribution < -0.4 is 11.1 Å². The van der Waals surface area contributed by atoms with Gasteiger partial charge in [-0.25, -0.2) is 4.98 Å². The first kappa shape index (κ1) is 12.0. The molecule has 0 bridgehead atoms. The molecule has 0 unspecified atom stereocenters. The van der Waals surface area contributed by atoms with Gasteiger partial charge in [-0.3, -0.25) is 9.59 Å². The van der Waals surface area contributed by atoms with Crippen LogP contribution in [0.1, 0.15) is 26.7 Å². The second-order valence-electron chi connectivity index (χ2n) is 5.11. The monoisotopic (exact) mass is 253 g/mol. The molecule has 3 N–H and O–H groups in total. The summed E-state index contributed by atoms with van der Waals surface area (Å²) >= 11 is 1.30. The molecule has 0 radical (unpaired) electrons. The number of carbonyl (C=O) groups excluding carboxylic acids is 2. The largest absolute Gasteiger partial charge is 0.383 e. The maximum Gasteiger partial charge on any atom is 0.185 e. The van der Waals surface area contributed by atoms with E-state index < -0.39 is 6.04 Å². The van der Waals surface area contributed by atoms with Crippen molar-refractivity contribution < 1.29 is 9.59 Å². The van der Waals surface area contributed by atoms with Crippen LogP contribution in [0, 0.1) is 5.41 Å². The Labute approximate surface area is 103 Å². The molecular weight excluding hydrogens is 238 g/mol. The number of nitrogens with one attached hydrogen (secondary N) is 1. The summed E-state index contributed by atoms with van der Waals surface area (Å²) in [5, 5.41) is 5.06. The molecule has 17 heavy (non-hydrogen) atoms. The van der Waals surface area contributed by atoms with Crippen LogP contribution in [-0.4, -0.2) is 22.6 Å². The van der Waals surface area contributed by atoms with Crippen molar-refractivity contribution in [2.45, 2.75) is 32.7 Å². The van der Waals surface area contributed by atoms with E-state index in [1.807, 2.05) is 13.8 Å². The molecule has 1 saturated carbocycles. The summed E-state index contributed by atoms with van der Waals surface area (Å²) in [5.74, 6) is 0.258. The average Bonchev–Trinajstić information content (AvgIpc) is 2.56. The normalized spacial score (nSPS) is 20.6. The topological polar surface area (TPSA) is 85.1 Å². The number of hydrogen-bond acceptors (Lipinski definition) is 6. The molecule has 0 amide bonds. The Morgan fingerprint density at radius 2 is 2.00 bits per heavy atom. The second-order valence-corrected chi connectivity index (χ2v) is 5.96. The van der Waals surface area contributed by atoms with Crippen molar-refractivity contribution in [2.75, 3.05) is 11.1 Å². The van der Waals surface area contributed by atoms with Crippen molar-refractivity contribution in [3.8, 4) is 0 Å². The Kier molecular flexibility index (Phi) is 2.91. The minimum atomic E-state index is -0.756. The van der Waals surface area contributed by atoms with E-state index in [4.69, 9.17) is 5.73 Å². The van der Waals surface area contributed by atoms with Crippen molar-refractivity contribution in [3.05, 3.63) is 5.38 Å². The number of aromatic nitrogens is 1. The van der Waals surface area contributed by atoms with Gasteiger partial charge >= 0.3 is 0 Å². The zero-order chi connectivity index (χ0) is 12.6. The summed E-state index contributed by atoms with van der Waals surface area (Å²) in [4.78, 5) is 27.8. The van der Waals surface area contributed by atoms with Gasteiger partial charge < -0.3 is 11.1 Å². The molecule has 1 fully saturated rings. The molecule has 1 aromatic rings. The molecule has 1 aliphatic rings. The summed E-state index contributed by atoms with van der Waals surface area (Å²) in [6.07, 6.45) is 0.828. The van der Waals surface area contributed by atoms with Crippen molar-refractivity contribution in [2.24, 2.45) is 5.41 Å². The average molecular weight is 253 g/mol. The molecular formula is C11H15N3O2S. The highest BCUT2D eigenvalue weighted by Crippen LogP contribution is 2.32. The number of rotatable bonds is 2. The second kappa shape index (κ2) is 4.10. The number of Topliss-reactive ketones (excluding diaryl/α,β-unsaturated/α-hetero) is 2. The molecule has 0 atom stereocenters. The van der Waals surface area contributed by atoms with E-state index in [-0.39, 0.29) is 17.0 Å². The van der Waals surface area contributed by atoms with E-state index in [0.29, 0.717) is 23.8 Å². The maximum atomic E-state index is 11.9. The number of ketones is 2. The van der Waals surface area contributed by atoms with Crippen LogP contribution in [0.15, 0.2) is 5.38 Å². The van der Waals surface area contributed by atoms with E-state index >= 15 is 0 Å². The first-order chi connectivity index (χ1) is 7.87. The van der Waals surface area contributed by atoms with Gasteiger partial charge in [-0.05, 0) is 5.41 Å². The maximum absolute atomic E-state index is 11.9. The Morgan fingerprint density at radius 3 is 2.47 bits per heavy atom. The molecule has 0 aromatic carbocycles. The first-order valence-electron chi connectivity index (χ1n) is 5.40. The van der Waals surface area contributed by atoms with Crippen molar-refractivity contribution in [1.29, 1.82) is 0 Å². The minimum absolute atomic E-state index is 0.0694. The fourth-order valence-corrected chi connectivity index (χ4v) is 2.66. The van der Waals surface area contributed by atoms with E-state index in [9.17, 15) is 9.59 Å². The Morgan fingerprint density at radius 1 is 1.41 bits per heavy atom. The predicted octanol–water partition coefficient (Wildman–Crippen LogP) is 1.46. The van der Waals surface area contributed by atoms with Crippen LogP contribution in [-0.2, 0) is 9.59 Å². The van der Waals surface area contributed by atoms with Gasteiger partial charge in [0.25, 0.3) is 0 Å². The molecule has 92 valence electrons. The number of anilines is 2.